The van der Waals surface area contributed by atoms with Gasteiger partial charge in [0, 0.05) is 29.0 Å². The zero-order valence-electron chi connectivity index (χ0n) is 12.6. The Labute approximate surface area is 147 Å². The van der Waals surface area contributed by atoms with Crippen LogP contribution in [0.5, 0.6) is 0 Å². The molecule has 1 aromatic rings. The first-order valence-corrected chi connectivity index (χ1v) is 8.51. The molecule has 0 saturated carbocycles. The lowest BCUT2D eigenvalue weighted by atomic mass is 10.3. The summed E-state index contributed by atoms with van der Waals surface area (Å²) in [6.45, 7) is 4.43. The normalized spacial score (nSPS) is 10.4. The molecule has 0 aromatic heterocycles. The number of carbonyl (C=O) groups excluding carboxylic acids is 2. The van der Waals surface area contributed by atoms with Crippen molar-refractivity contribution in [3.63, 3.8) is 0 Å². The third-order valence-corrected chi connectivity index (χ3v) is 3.99. The maximum Gasteiger partial charge on any atom is 0.303 e. The molecule has 1 amide bonds. The van der Waals surface area contributed by atoms with E-state index in [9.17, 15) is 9.59 Å². The molecule has 0 fully saturated rings. The number of amides is 1. The fourth-order valence-electron chi connectivity index (χ4n) is 1.75. The second kappa shape index (κ2) is 9.97. The summed E-state index contributed by atoms with van der Waals surface area (Å²) >= 11 is 6.89. The maximum absolute atomic E-state index is 12.4. The largest absolute Gasteiger partial charge is 0.456 e. The van der Waals surface area contributed by atoms with E-state index in [1.165, 1.54) is 6.92 Å². The van der Waals surface area contributed by atoms with Crippen molar-refractivity contribution in [2.75, 3.05) is 31.3 Å². The number of hydrogen-bond donors (Lipinski definition) is 0. The van der Waals surface area contributed by atoms with E-state index in [1.54, 1.807) is 4.90 Å². The molecule has 0 N–H and O–H groups in total. The van der Waals surface area contributed by atoms with Crippen molar-refractivity contribution in [2.24, 2.45) is 0 Å². The van der Waals surface area contributed by atoms with Crippen LogP contribution >= 0.6 is 31.9 Å². The third kappa shape index (κ3) is 6.06. The molecule has 1 rings (SSSR count). The van der Waals surface area contributed by atoms with Gasteiger partial charge in [-0.3, -0.25) is 9.59 Å². The molecular formula is C15H19Br2NO4. The number of carbonyl (C=O) groups is 2. The van der Waals surface area contributed by atoms with Crippen LogP contribution in [0.15, 0.2) is 27.1 Å². The monoisotopic (exact) mass is 435 g/mol. The molecule has 0 saturated heterocycles. The number of rotatable bonds is 8. The standard InChI is InChI=1S/C15H19Br2NO4/c1-3-8-21-9-7-18(14(20)10-22-11(2)19)15-12(16)5-4-6-13(15)17/h4-6H,3,7-10H2,1-2H3. The highest BCUT2D eigenvalue weighted by atomic mass is 79.9. The molecule has 0 aliphatic carbocycles. The molecule has 122 valence electrons. The maximum atomic E-state index is 12.4. The van der Waals surface area contributed by atoms with Crippen molar-refractivity contribution < 1.29 is 19.1 Å². The quantitative estimate of drug-likeness (QED) is 0.462. The van der Waals surface area contributed by atoms with Crippen LogP contribution in [0.4, 0.5) is 5.69 Å². The first-order valence-electron chi connectivity index (χ1n) is 6.92. The van der Waals surface area contributed by atoms with Crippen LogP contribution in [0.1, 0.15) is 20.3 Å². The smallest absolute Gasteiger partial charge is 0.303 e. The average Bonchev–Trinajstić information content (AvgIpc) is 2.46. The number of nitrogens with zero attached hydrogens (tertiary/aromatic N) is 1. The summed E-state index contributed by atoms with van der Waals surface area (Å²) in [4.78, 5) is 24.8. The van der Waals surface area contributed by atoms with E-state index in [0.29, 0.717) is 25.4 Å². The van der Waals surface area contributed by atoms with Crippen LogP contribution in [0.3, 0.4) is 0 Å². The Morgan fingerprint density at radius 1 is 1.18 bits per heavy atom. The molecule has 0 aliphatic rings. The molecule has 0 spiro atoms. The van der Waals surface area contributed by atoms with Gasteiger partial charge >= 0.3 is 5.97 Å². The summed E-state index contributed by atoms with van der Waals surface area (Å²) in [6.07, 6.45) is 0.917. The predicted octanol–water partition coefficient (Wildman–Crippen LogP) is 3.53. The summed E-state index contributed by atoms with van der Waals surface area (Å²) in [5.41, 5.74) is 0.694. The Balaban J connectivity index is 2.90. The van der Waals surface area contributed by atoms with Crippen molar-refractivity contribution in [3.05, 3.63) is 27.1 Å². The minimum atomic E-state index is -0.485. The minimum Gasteiger partial charge on any atom is -0.456 e. The molecule has 0 bridgehead atoms. The van der Waals surface area contributed by atoms with E-state index in [4.69, 9.17) is 9.47 Å². The molecule has 7 heteroatoms. The van der Waals surface area contributed by atoms with E-state index in [2.05, 4.69) is 31.9 Å². The van der Waals surface area contributed by atoms with Crippen molar-refractivity contribution in [2.45, 2.75) is 20.3 Å². The number of anilines is 1. The highest BCUT2D eigenvalue weighted by molar-refractivity contribution is 9.11. The van der Waals surface area contributed by atoms with Crippen LogP contribution in [0.25, 0.3) is 0 Å². The molecule has 5 nitrogen and oxygen atoms in total. The second-order valence-electron chi connectivity index (χ2n) is 4.51. The first kappa shape index (κ1) is 19.1. The van der Waals surface area contributed by atoms with Crippen LogP contribution in [0.2, 0.25) is 0 Å². The molecule has 0 radical (unpaired) electrons. The van der Waals surface area contributed by atoms with Crippen molar-refractivity contribution in [3.8, 4) is 0 Å². The zero-order valence-corrected chi connectivity index (χ0v) is 15.8. The summed E-state index contributed by atoms with van der Waals surface area (Å²) in [5.74, 6) is -0.787. The summed E-state index contributed by atoms with van der Waals surface area (Å²) in [7, 11) is 0. The number of esters is 1. The topological polar surface area (TPSA) is 55.8 Å². The Hall–Kier alpha value is -0.920. The summed E-state index contributed by atoms with van der Waals surface area (Å²) < 4.78 is 11.8. The molecular weight excluding hydrogens is 418 g/mol. The van der Waals surface area contributed by atoms with E-state index >= 15 is 0 Å². The van der Waals surface area contributed by atoms with Gasteiger partial charge in [-0.1, -0.05) is 13.0 Å². The number of benzene rings is 1. The number of ether oxygens (including phenoxy) is 2. The van der Waals surface area contributed by atoms with Crippen molar-refractivity contribution in [1.82, 2.24) is 0 Å². The van der Waals surface area contributed by atoms with Gasteiger partial charge in [-0.15, -0.1) is 0 Å². The fraction of sp³-hybridized carbons (Fsp3) is 0.467. The first-order chi connectivity index (χ1) is 10.5. The number of para-hydroxylation sites is 1. The molecule has 0 heterocycles. The van der Waals surface area contributed by atoms with Crippen molar-refractivity contribution in [1.29, 1.82) is 0 Å². The van der Waals surface area contributed by atoms with Crippen LogP contribution in [0, 0.1) is 0 Å². The zero-order chi connectivity index (χ0) is 16.5. The van der Waals surface area contributed by atoms with Gasteiger partial charge in [-0.05, 0) is 50.4 Å². The van der Waals surface area contributed by atoms with E-state index in [1.807, 2.05) is 25.1 Å². The third-order valence-electron chi connectivity index (χ3n) is 2.72. The molecule has 1 aromatic carbocycles. The van der Waals surface area contributed by atoms with Crippen LogP contribution in [-0.2, 0) is 19.1 Å². The van der Waals surface area contributed by atoms with Gasteiger partial charge in [0.25, 0.3) is 5.91 Å². The van der Waals surface area contributed by atoms with Crippen LogP contribution < -0.4 is 4.90 Å². The number of halogens is 2. The predicted molar refractivity (Wildman–Crippen MR) is 91.9 cm³/mol. The SMILES string of the molecule is CCCOCCN(C(=O)COC(C)=O)c1c(Br)cccc1Br. The molecule has 0 unspecified atom stereocenters. The van der Waals surface area contributed by atoms with Gasteiger partial charge in [0.05, 0.1) is 12.3 Å². The lowest BCUT2D eigenvalue weighted by molar-refractivity contribution is -0.145. The molecule has 0 atom stereocenters. The van der Waals surface area contributed by atoms with E-state index < -0.39 is 5.97 Å². The minimum absolute atomic E-state index is 0.295. The van der Waals surface area contributed by atoms with Gasteiger partial charge in [0.2, 0.25) is 0 Å². The summed E-state index contributed by atoms with van der Waals surface area (Å²) in [5, 5.41) is 0. The second-order valence-corrected chi connectivity index (χ2v) is 6.22. The summed E-state index contributed by atoms with van der Waals surface area (Å²) in [6, 6.07) is 5.55. The fourth-order valence-corrected chi connectivity index (χ4v) is 3.18. The molecule has 22 heavy (non-hydrogen) atoms. The lowest BCUT2D eigenvalue weighted by Crippen LogP contribution is -2.37. The van der Waals surface area contributed by atoms with Gasteiger partial charge in [0.15, 0.2) is 6.61 Å². The Bertz CT molecular complexity index is 502. The molecule has 0 aliphatic heterocycles. The van der Waals surface area contributed by atoms with E-state index in [-0.39, 0.29) is 12.5 Å². The Morgan fingerprint density at radius 2 is 1.82 bits per heavy atom. The lowest BCUT2D eigenvalue weighted by Gasteiger charge is -2.25. The Morgan fingerprint density at radius 3 is 2.36 bits per heavy atom. The van der Waals surface area contributed by atoms with Gasteiger partial charge in [-0.2, -0.15) is 0 Å². The van der Waals surface area contributed by atoms with Gasteiger partial charge in [0.1, 0.15) is 0 Å². The number of hydrogen-bond acceptors (Lipinski definition) is 4. The Kier molecular flexibility index (Phi) is 8.67. The van der Waals surface area contributed by atoms with Crippen molar-refractivity contribution >= 4 is 49.4 Å². The highest BCUT2D eigenvalue weighted by Gasteiger charge is 2.21. The highest BCUT2D eigenvalue weighted by Crippen LogP contribution is 2.34. The van der Waals surface area contributed by atoms with Gasteiger partial charge in [-0.25, -0.2) is 0 Å². The van der Waals surface area contributed by atoms with Gasteiger partial charge < -0.3 is 14.4 Å². The average molecular weight is 437 g/mol. The van der Waals surface area contributed by atoms with Crippen LogP contribution in [-0.4, -0.2) is 38.2 Å². The van der Waals surface area contributed by atoms with E-state index in [0.717, 1.165) is 15.4 Å².